The van der Waals surface area contributed by atoms with E-state index in [9.17, 15) is 8.42 Å². The van der Waals surface area contributed by atoms with Crippen LogP contribution in [0.5, 0.6) is 0 Å². The first kappa shape index (κ1) is 14.8. The van der Waals surface area contributed by atoms with Gasteiger partial charge in [0.1, 0.15) is 4.90 Å². The van der Waals surface area contributed by atoms with Crippen molar-refractivity contribution in [3.63, 3.8) is 0 Å². The molecule has 2 rings (SSSR count). The van der Waals surface area contributed by atoms with E-state index >= 15 is 0 Å². The molecule has 1 heterocycles. The summed E-state index contributed by atoms with van der Waals surface area (Å²) in [5, 5.41) is 10.4. The van der Waals surface area contributed by atoms with Crippen LogP contribution in [0.4, 0.5) is 11.4 Å². The summed E-state index contributed by atoms with van der Waals surface area (Å²) in [5.74, 6) is 0. The van der Waals surface area contributed by atoms with E-state index < -0.39 is 10.0 Å². The molecule has 1 aromatic carbocycles. The largest absolute Gasteiger partial charge is 0.396 e. The molecule has 1 aromatic heterocycles. The van der Waals surface area contributed by atoms with Crippen LogP contribution in [0, 0.1) is 0 Å². The molecule has 0 bridgehead atoms. The first-order valence-electron chi connectivity index (χ1n) is 6.08. The van der Waals surface area contributed by atoms with Crippen LogP contribution in [0.2, 0.25) is 0 Å². The maximum atomic E-state index is 11.4. The quantitative estimate of drug-likeness (QED) is 0.736. The fraction of sp³-hybridized carbons (Fsp3) is 0.231. The minimum Gasteiger partial charge on any atom is -0.396 e. The molecule has 5 nitrogen and oxygen atoms in total. The molecule has 0 saturated carbocycles. The van der Waals surface area contributed by atoms with Gasteiger partial charge in [-0.3, -0.25) is 0 Å². The third-order valence-corrected chi connectivity index (χ3v) is 4.73. The summed E-state index contributed by atoms with van der Waals surface area (Å²) in [7, 11) is -3.80. The Bertz CT molecular complexity index is 682. The summed E-state index contributed by atoms with van der Waals surface area (Å²) in [5.41, 5.74) is 6.62. The van der Waals surface area contributed by atoms with Crippen molar-refractivity contribution in [1.29, 1.82) is 0 Å². The van der Waals surface area contributed by atoms with Crippen LogP contribution in [0.3, 0.4) is 0 Å². The lowest BCUT2D eigenvalue weighted by molar-refractivity contribution is 0.598. The molecule has 0 spiro atoms. The van der Waals surface area contributed by atoms with E-state index in [0.29, 0.717) is 5.69 Å². The molecule has 0 aliphatic carbocycles. The number of nitrogens with two attached hydrogens (primary N) is 2. The highest BCUT2D eigenvalue weighted by atomic mass is 32.2. The number of primary sulfonamides is 1. The average Bonchev–Trinajstić information content (AvgIpc) is 2.83. The van der Waals surface area contributed by atoms with Gasteiger partial charge >= 0.3 is 0 Å². The van der Waals surface area contributed by atoms with Gasteiger partial charge < -0.3 is 11.1 Å². The minimum absolute atomic E-state index is 0.0502. The van der Waals surface area contributed by atoms with E-state index in [2.05, 4.69) is 11.4 Å². The Kier molecular flexibility index (Phi) is 4.32. The lowest BCUT2D eigenvalue weighted by Crippen LogP contribution is -2.20. The number of nitrogen functional groups attached to an aromatic ring is 1. The summed E-state index contributed by atoms with van der Waals surface area (Å²) in [6.07, 6.45) is 0.844. The topological polar surface area (TPSA) is 98.2 Å². The van der Waals surface area contributed by atoms with Crippen LogP contribution >= 0.6 is 11.3 Å². The van der Waals surface area contributed by atoms with Crippen LogP contribution in [0.25, 0.3) is 0 Å². The van der Waals surface area contributed by atoms with Crippen LogP contribution in [-0.2, 0) is 16.4 Å². The van der Waals surface area contributed by atoms with Crippen molar-refractivity contribution in [2.75, 3.05) is 11.1 Å². The molecule has 2 aromatic rings. The summed E-state index contributed by atoms with van der Waals surface area (Å²) < 4.78 is 22.8. The molecule has 0 aliphatic heterocycles. The number of benzene rings is 1. The number of thiophene rings is 1. The van der Waals surface area contributed by atoms with Gasteiger partial charge in [0.2, 0.25) is 10.0 Å². The average molecular weight is 311 g/mol. The zero-order valence-corrected chi connectivity index (χ0v) is 12.7. The molecular weight excluding hydrogens is 294 g/mol. The zero-order valence-electron chi connectivity index (χ0n) is 11.0. The maximum Gasteiger partial charge on any atom is 0.240 e. The van der Waals surface area contributed by atoms with Gasteiger partial charge in [0, 0.05) is 17.3 Å². The standard InChI is InChI=1S/C13H17N3O2S2/c1-9(8-10-4-3-7-19-10)16-11-5-2-6-12(13(11)14)20(15,17)18/h2-7,9,16H,8,14H2,1H3,(H2,15,17,18). The fourth-order valence-corrected chi connectivity index (χ4v) is 3.48. The maximum absolute atomic E-state index is 11.4. The van der Waals surface area contributed by atoms with Gasteiger partial charge in [-0.05, 0) is 30.5 Å². The smallest absolute Gasteiger partial charge is 0.240 e. The highest BCUT2D eigenvalue weighted by molar-refractivity contribution is 7.89. The summed E-state index contributed by atoms with van der Waals surface area (Å²) in [4.78, 5) is 1.21. The molecule has 0 saturated heterocycles. The van der Waals surface area contributed by atoms with Crippen LogP contribution < -0.4 is 16.2 Å². The minimum atomic E-state index is -3.80. The molecule has 1 atom stereocenters. The second-order valence-electron chi connectivity index (χ2n) is 4.59. The molecule has 1 unspecified atom stereocenters. The third kappa shape index (κ3) is 3.50. The molecule has 0 aliphatic rings. The van der Waals surface area contributed by atoms with Gasteiger partial charge in [0.15, 0.2) is 0 Å². The predicted octanol–water partition coefficient (Wildman–Crippen LogP) is 2.02. The summed E-state index contributed by atoms with van der Waals surface area (Å²) in [6, 6.07) is 8.97. The molecule has 7 heteroatoms. The van der Waals surface area contributed by atoms with Crippen molar-refractivity contribution in [3.8, 4) is 0 Å². The van der Waals surface area contributed by atoms with Crippen molar-refractivity contribution >= 4 is 32.7 Å². The van der Waals surface area contributed by atoms with Gasteiger partial charge in [0.25, 0.3) is 0 Å². The molecule has 108 valence electrons. The Labute approximate surface area is 122 Å². The number of sulfonamides is 1. The van der Waals surface area contributed by atoms with Gasteiger partial charge in [-0.15, -0.1) is 11.3 Å². The first-order valence-corrected chi connectivity index (χ1v) is 8.50. The third-order valence-electron chi connectivity index (χ3n) is 2.86. The first-order chi connectivity index (χ1) is 9.38. The fourth-order valence-electron chi connectivity index (χ4n) is 1.96. The highest BCUT2D eigenvalue weighted by Gasteiger charge is 2.15. The molecule has 0 fully saturated rings. The zero-order chi connectivity index (χ0) is 14.8. The predicted molar refractivity (Wildman–Crippen MR) is 83.3 cm³/mol. The highest BCUT2D eigenvalue weighted by Crippen LogP contribution is 2.26. The second kappa shape index (κ2) is 5.82. The monoisotopic (exact) mass is 311 g/mol. The number of hydrogen-bond acceptors (Lipinski definition) is 5. The Hall–Kier alpha value is -1.57. The van der Waals surface area contributed by atoms with Gasteiger partial charge in [0.05, 0.1) is 11.4 Å². The van der Waals surface area contributed by atoms with Gasteiger partial charge in [-0.25, -0.2) is 13.6 Å². The lowest BCUT2D eigenvalue weighted by Gasteiger charge is -2.17. The van der Waals surface area contributed by atoms with Gasteiger partial charge in [-0.2, -0.15) is 0 Å². The number of hydrogen-bond donors (Lipinski definition) is 3. The lowest BCUT2D eigenvalue weighted by atomic mass is 10.2. The second-order valence-corrected chi connectivity index (χ2v) is 7.15. The summed E-state index contributed by atoms with van der Waals surface area (Å²) in [6.45, 7) is 2.02. The molecule has 0 radical (unpaired) electrons. The summed E-state index contributed by atoms with van der Waals surface area (Å²) >= 11 is 1.69. The Morgan fingerprint density at radius 3 is 2.65 bits per heavy atom. The number of rotatable bonds is 5. The SMILES string of the molecule is CC(Cc1cccs1)Nc1cccc(S(N)(=O)=O)c1N. The molecule has 0 amide bonds. The van der Waals surface area contributed by atoms with E-state index in [1.807, 2.05) is 18.4 Å². The number of nitrogens with one attached hydrogen (secondary N) is 1. The van der Waals surface area contributed by atoms with Crippen molar-refractivity contribution in [2.45, 2.75) is 24.3 Å². The van der Waals surface area contributed by atoms with Crippen molar-refractivity contribution in [2.24, 2.45) is 5.14 Å². The van der Waals surface area contributed by atoms with Gasteiger partial charge in [-0.1, -0.05) is 12.1 Å². The van der Waals surface area contributed by atoms with Crippen molar-refractivity contribution < 1.29 is 8.42 Å². The van der Waals surface area contributed by atoms with E-state index in [0.717, 1.165) is 6.42 Å². The molecular formula is C13H17N3O2S2. The molecule has 20 heavy (non-hydrogen) atoms. The Morgan fingerprint density at radius 2 is 2.05 bits per heavy atom. The van der Waals surface area contributed by atoms with Crippen LogP contribution in [0.15, 0.2) is 40.6 Å². The van der Waals surface area contributed by atoms with E-state index in [-0.39, 0.29) is 16.6 Å². The number of para-hydroxylation sites is 1. The van der Waals surface area contributed by atoms with Crippen molar-refractivity contribution in [3.05, 3.63) is 40.6 Å². The Balaban J connectivity index is 2.17. The van der Waals surface area contributed by atoms with Crippen molar-refractivity contribution in [1.82, 2.24) is 0 Å². The van der Waals surface area contributed by atoms with E-state index in [4.69, 9.17) is 10.9 Å². The normalized spacial score (nSPS) is 13.1. The molecule has 5 N–H and O–H groups in total. The number of anilines is 2. The van der Waals surface area contributed by atoms with Crippen LogP contribution in [-0.4, -0.2) is 14.5 Å². The van der Waals surface area contributed by atoms with E-state index in [1.165, 1.54) is 10.9 Å². The Morgan fingerprint density at radius 1 is 1.30 bits per heavy atom. The van der Waals surface area contributed by atoms with E-state index in [1.54, 1.807) is 23.5 Å². The van der Waals surface area contributed by atoms with Crippen LogP contribution in [0.1, 0.15) is 11.8 Å².